The van der Waals surface area contributed by atoms with Gasteiger partial charge in [0.25, 0.3) is 5.79 Å². The fourth-order valence-corrected chi connectivity index (χ4v) is 18.4. The number of amides is 5. The van der Waals surface area contributed by atoms with Crippen molar-refractivity contribution in [1.29, 1.82) is 0 Å². The van der Waals surface area contributed by atoms with E-state index >= 15 is 0 Å². The van der Waals surface area contributed by atoms with Gasteiger partial charge in [0.15, 0.2) is 62.9 Å². The van der Waals surface area contributed by atoms with Gasteiger partial charge in [-0.05, 0) is 6.92 Å². The molecule has 0 aliphatic carbocycles. The molecule has 0 aromatic heterocycles. The number of rotatable bonds is 38. The van der Waals surface area contributed by atoms with Crippen LogP contribution in [0.2, 0.25) is 0 Å². The predicted molar refractivity (Wildman–Crippen MR) is 436 cm³/mol. The molecular weight excluding hydrogens is 1950 g/mol. The molecule has 11 fully saturated rings. The van der Waals surface area contributed by atoms with E-state index < -0.39 is 451 Å². The van der Waals surface area contributed by atoms with Crippen LogP contribution in [0.1, 0.15) is 48.0 Å². The second-order valence-corrected chi connectivity index (χ2v) is 36.0. The van der Waals surface area contributed by atoms with E-state index in [2.05, 4.69) is 26.6 Å². The lowest BCUT2D eigenvalue weighted by Crippen LogP contribution is -2.71. The van der Waals surface area contributed by atoms with Crippen molar-refractivity contribution in [3.8, 4) is 0 Å². The molecule has 11 rings (SSSR count). The lowest BCUT2D eigenvalue weighted by Gasteiger charge is -2.51. The molecule has 0 spiro atoms. The summed E-state index contributed by atoms with van der Waals surface area (Å²) < 4.78 is 126. The largest absolute Gasteiger partial charge is 0.477 e. The smallest absolute Gasteiger partial charge is 0.364 e. The summed E-state index contributed by atoms with van der Waals surface area (Å²) in [5.74, 6) is -10.0. The fourth-order valence-electron chi connectivity index (χ4n) is 18.4. The summed E-state index contributed by atoms with van der Waals surface area (Å²) in [4.78, 5) is 77.6. The fraction of sp³-hybridized carbons (Fsp3) is 0.924. The Bertz CT molecular complexity index is 4010. The molecule has 56 atom stereocenters. The molecule has 0 bridgehead atoms. The normalized spacial score (nSPS) is 48.0. The van der Waals surface area contributed by atoms with Crippen LogP contribution >= 0.6 is 0 Å². The number of carboxylic acid groups (broad SMARTS) is 1. The molecule has 63 heteroatoms. The molecule has 11 aliphatic heterocycles. The number of aliphatic carboxylic acids is 1. The molecule has 1 unspecified atom stereocenters. The van der Waals surface area contributed by atoms with Crippen molar-refractivity contribution in [3.63, 3.8) is 0 Å². The highest BCUT2D eigenvalue weighted by atomic mass is 16.8. The van der Waals surface area contributed by atoms with Gasteiger partial charge in [0.2, 0.25) is 29.5 Å². The predicted octanol–water partition coefficient (Wildman–Crippen LogP) is -24.0. The van der Waals surface area contributed by atoms with E-state index in [-0.39, 0.29) is 0 Å². The lowest BCUT2D eigenvalue weighted by molar-refractivity contribution is -0.400. The zero-order valence-corrected chi connectivity index (χ0v) is 76.4. The van der Waals surface area contributed by atoms with Gasteiger partial charge in [-0.2, -0.15) is 0 Å². The molecule has 5 amide bonds. The average molecular weight is 2080 g/mol. The molecule has 36 N–H and O–H groups in total. The van der Waals surface area contributed by atoms with E-state index in [4.69, 9.17) is 99.5 Å². The highest BCUT2D eigenvalue weighted by Gasteiger charge is 2.64. The summed E-state index contributed by atoms with van der Waals surface area (Å²) in [6.07, 6.45) is -111. The minimum Gasteiger partial charge on any atom is -0.477 e. The van der Waals surface area contributed by atoms with Gasteiger partial charge in [-0.1, -0.05) is 0 Å². The first-order valence-electron chi connectivity index (χ1n) is 45.1. The topological polar surface area (TPSA) is 984 Å². The van der Waals surface area contributed by atoms with Crippen LogP contribution in [0.5, 0.6) is 0 Å². The third-order valence-electron chi connectivity index (χ3n) is 25.9. The molecule has 11 aliphatic rings. The quantitative estimate of drug-likeness (QED) is 0.0273. The Morgan fingerprint density at radius 1 is 0.303 bits per heavy atom. The molecule has 11 saturated heterocycles. The molecule has 0 aromatic rings. The maximum absolute atomic E-state index is 13.5. The molecular formula is C79H131N5O58. The first-order valence-corrected chi connectivity index (χ1v) is 45.1. The second-order valence-electron chi connectivity index (χ2n) is 36.0. The maximum Gasteiger partial charge on any atom is 0.364 e. The number of carbonyl (C=O) groups is 6. The minimum absolute atomic E-state index is 0.829. The van der Waals surface area contributed by atoms with Crippen LogP contribution in [-0.2, 0) is 128 Å². The Labute approximate surface area is 803 Å². The van der Waals surface area contributed by atoms with Gasteiger partial charge in [-0.25, -0.2) is 4.79 Å². The van der Waals surface area contributed by atoms with E-state index in [0.29, 0.717) is 0 Å². The summed E-state index contributed by atoms with van der Waals surface area (Å²) in [6, 6.07) is -9.65. The lowest BCUT2D eigenvalue weighted by atomic mass is 9.88. The number of hydrogen-bond acceptors (Lipinski definition) is 57. The molecule has 0 saturated carbocycles. The molecule has 0 aromatic carbocycles. The van der Waals surface area contributed by atoms with Crippen molar-refractivity contribution in [3.05, 3.63) is 0 Å². The molecule has 11 heterocycles. The van der Waals surface area contributed by atoms with Gasteiger partial charge in [-0.15, -0.1) is 0 Å². The van der Waals surface area contributed by atoms with Crippen molar-refractivity contribution in [1.82, 2.24) is 26.6 Å². The Morgan fingerprint density at radius 2 is 0.627 bits per heavy atom. The van der Waals surface area contributed by atoms with Crippen LogP contribution in [0.3, 0.4) is 0 Å². The van der Waals surface area contributed by atoms with Crippen molar-refractivity contribution < 1.29 is 287 Å². The number of ether oxygens (including phenoxy) is 21. The van der Waals surface area contributed by atoms with Crippen LogP contribution in [0.15, 0.2) is 0 Å². The van der Waals surface area contributed by atoms with Gasteiger partial charge in [0.05, 0.1) is 84.3 Å². The zero-order valence-electron chi connectivity index (χ0n) is 76.4. The van der Waals surface area contributed by atoms with Gasteiger partial charge >= 0.3 is 5.97 Å². The van der Waals surface area contributed by atoms with Crippen molar-refractivity contribution in [2.75, 3.05) is 66.1 Å². The maximum atomic E-state index is 13.5. The molecule has 820 valence electrons. The molecule has 63 nitrogen and oxygen atoms in total. The number of aliphatic hydroxyl groups excluding tert-OH is 30. The summed E-state index contributed by atoms with van der Waals surface area (Å²) in [5.41, 5.74) is 0. The SMILES string of the molecule is CC(=O)N[C@H]1[C@H](O[C@H]2[C@H](O)[C@@H](NC(C)=O)C(O)O[C@@H]2CO)O[C@H](CO)[C@@H](O[C@@H]2O[C@H](CO[C@H]3O[C@H](CO)[C@@H](O)[C@H](O)[C@@H]3O[C@@H]3O[C@H](CO)[C@@H](O[C@@H]4O[C@H](CO)[C@H](O)[C@H](O)[C@H]4O)[C@H](O[C@@H]4O[C@@H](C)[C@@H](O)[C@@H](O)[C@@H]4O)[C@H]3NC(C)=O)[C@@H](O)[C@H](O[C@H]3O[C@H](CO)[C@@H](O)[C@H](O)[C@@H]3O[C@@H]3O[C@H](CO)[C@@H](O[C@@H]4O[C@H](CO[C@]5(C(=O)O)C[C@H](O)[C@@H](NC(C)=O)[C@H]([C@H](O)[C@H](O)CO)O5)[C@H](O)[C@H](O)[C@H]4O)[C@H](O)[C@H]3NC(C)=O)[C@@H]2O)[C@@H]1O. The van der Waals surface area contributed by atoms with Gasteiger partial charge in [0.1, 0.15) is 256 Å². The average Bonchev–Trinajstić information content (AvgIpc) is 0.763. The van der Waals surface area contributed by atoms with Crippen molar-refractivity contribution in [2.45, 2.75) is 391 Å². The van der Waals surface area contributed by atoms with Gasteiger partial charge < -0.3 is 284 Å². The second kappa shape index (κ2) is 50.6. The van der Waals surface area contributed by atoms with E-state index in [9.17, 15) is 187 Å². The zero-order chi connectivity index (χ0) is 105. The number of aliphatic hydroxyl groups is 30. The van der Waals surface area contributed by atoms with Crippen LogP contribution in [-0.4, -0.2) is 603 Å². The number of carboxylic acids is 1. The van der Waals surface area contributed by atoms with E-state index in [1.807, 2.05) is 0 Å². The third kappa shape index (κ3) is 25.8. The number of carbonyl (C=O) groups excluding carboxylic acids is 5. The number of nitrogens with one attached hydrogen (secondary N) is 5. The Morgan fingerprint density at radius 3 is 1.08 bits per heavy atom. The molecule has 0 radical (unpaired) electrons. The first kappa shape index (κ1) is 117. The summed E-state index contributed by atoms with van der Waals surface area (Å²) in [5, 5.41) is 361. The van der Waals surface area contributed by atoms with Crippen LogP contribution in [0, 0.1) is 0 Å². The minimum atomic E-state index is -3.12. The van der Waals surface area contributed by atoms with E-state index in [1.165, 1.54) is 6.92 Å². The Hall–Kier alpha value is -5.22. The number of hydrogen-bond donors (Lipinski definition) is 36. The van der Waals surface area contributed by atoms with Crippen molar-refractivity contribution >= 4 is 35.5 Å². The Kier molecular flexibility index (Phi) is 41.7. The van der Waals surface area contributed by atoms with Crippen molar-refractivity contribution in [2.24, 2.45) is 0 Å². The standard InChI is InChI=1S/C79H131N5O58/c1-18-40(100)50(110)55(115)72(124-18)138-64-39(84-23(6)97)71(131-32(15-92)62(64)137-73-56(116)51(111)42(102)26(9-86)126-73)140-66-53(113)43(103)27(10-87)127-76(66)122-16-33-46(106)65(58(118)75(132-33)136-61-31(14-91)129-69(37(48(61)108)82-21(4)95)134-59-29(12-89)125-68(119)36(47(59)107)81-20(3)94)139-77-67(54(114)44(104)28(11-88)128-77)141-70-38(83-22(5)96)49(109)60(30(13-90)130-70)135-74-57(117)52(112)45(105)34(133-74)17-123-79(78(120)121)7-24(98)35(80-19(2)93)63(142-79)41(101)25(99)8-85/h18,24-77,85-92,98-119H,7-17H2,1-6H3,(H,80,93)(H,81,94)(H,82,95)(H,83,96)(H,84,97)(H,120,121)/t18-,24-,25+,26+,27+,28+,29+,30+,31+,32+,33+,34+,35+,36+,37+,38+,39+,40+,41+,42-,43+,44+,45-,46+,47+,48+,49+,50+,51-,52-,53-,54-,55-,56+,57+,58-,59+,60+,61+,62+,63+,64+,65-,66-,67-,68?,69-,70-,71-,72-,73-,74-,75-,76-,77+,79+/m0/s1. The Balaban J connectivity index is 0.923. The van der Waals surface area contributed by atoms with Crippen LogP contribution in [0.25, 0.3) is 0 Å². The highest BCUT2D eigenvalue weighted by Crippen LogP contribution is 2.43. The van der Waals surface area contributed by atoms with E-state index in [0.717, 1.165) is 34.6 Å². The summed E-state index contributed by atoms with van der Waals surface area (Å²) >= 11 is 0. The van der Waals surface area contributed by atoms with Gasteiger partial charge in [0, 0.05) is 41.0 Å². The summed E-state index contributed by atoms with van der Waals surface area (Å²) in [6.45, 7) is -6.39. The molecule has 142 heavy (non-hydrogen) atoms. The summed E-state index contributed by atoms with van der Waals surface area (Å²) in [7, 11) is 0. The third-order valence-corrected chi connectivity index (χ3v) is 25.9. The van der Waals surface area contributed by atoms with E-state index in [1.54, 1.807) is 0 Å². The first-order chi connectivity index (χ1) is 67.0. The monoisotopic (exact) mass is 2080 g/mol. The van der Waals surface area contributed by atoms with Gasteiger partial charge in [-0.3, -0.25) is 24.0 Å². The van der Waals surface area contributed by atoms with Crippen LogP contribution < -0.4 is 26.6 Å². The highest BCUT2D eigenvalue weighted by molar-refractivity contribution is 5.77. The van der Waals surface area contributed by atoms with Crippen LogP contribution in [0.4, 0.5) is 0 Å².